The van der Waals surface area contributed by atoms with E-state index in [9.17, 15) is 9.18 Å². The first-order valence-corrected chi connectivity index (χ1v) is 11.6. The number of furan rings is 1. The molecule has 2 aromatic carbocycles. The van der Waals surface area contributed by atoms with Crippen LogP contribution in [0.3, 0.4) is 0 Å². The number of benzene rings is 2. The van der Waals surface area contributed by atoms with Crippen LogP contribution in [-0.4, -0.2) is 48.6 Å². The van der Waals surface area contributed by atoms with Crippen molar-refractivity contribution in [2.75, 3.05) is 37.7 Å². The minimum atomic E-state index is -0.325. The molecule has 1 amide bonds. The number of aromatic nitrogens is 1. The molecule has 32 heavy (non-hydrogen) atoms. The number of fused-ring (bicyclic) bond motifs is 2. The molecule has 0 N–H and O–H groups in total. The molecular weight excluding hydrogens is 429 g/mol. The highest BCUT2D eigenvalue weighted by Crippen LogP contribution is 2.33. The van der Waals surface area contributed by atoms with Gasteiger partial charge in [-0.15, -0.1) is 0 Å². The fourth-order valence-electron chi connectivity index (χ4n) is 3.61. The van der Waals surface area contributed by atoms with Crippen molar-refractivity contribution in [3.05, 3.63) is 54.0 Å². The first-order valence-electron chi connectivity index (χ1n) is 10.8. The Labute approximate surface area is 190 Å². The molecule has 2 aromatic heterocycles. The van der Waals surface area contributed by atoms with Crippen molar-refractivity contribution in [3.8, 4) is 5.75 Å². The lowest BCUT2D eigenvalue weighted by atomic mass is 10.2. The second-order valence-corrected chi connectivity index (χ2v) is 8.32. The van der Waals surface area contributed by atoms with E-state index in [0.717, 1.165) is 18.5 Å². The number of thiazole rings is 1. The lowest BCUT2D eigenvalue weighted by Crippen LogP contribution is -2.38. The molecule has 0 atom stereocenters. The molecule has 4 rings (SSSR count). The number of rotatable bonds is 9. The summed E-state index contributed by atoms with van der Waals surface area (Å²) in [6, 6.07) is 11.8. The van der Waals surface area contributed by atoms with Gasteiger partial charge >= 0.3 is 0 Å². The number of anilines is 1. The van der Waals surface area contributed by atoms with Gasteiger partial charge in [-0.1, -0.05) is 37.3 Å². The van der Waals surface area contributed by atoms with Gasteiger partial charge in [-0.25, -0.2) is 9.37 Å². The molecule has 0 unspecified atom stereocenters. The van der Waals surface area contributed by atoms with Gasteiger partial charge in [0.1, 0.15) is 5.82 Å². The van der Waals surface area contributed by atoms with Gasteiger partial charge in [0.15, 0.2) is 22.2 Å². The Balaban J connectivity index is 1.72. The summed E-state index contributed by atoms with van der Waals surface area (Å²) in [6.45, 7) is 9.47. The number of amides is 1. The van der Waals surface area contributed by atoms with E-state index in [-0.39, 0.29) is 17.5 Å². The molecule has 6 nitrogen and oxygen atoms in total. The molecule has 0 aliphatic carbocycles. The first kappa shape index (κ1) is 22.2. The van der Waals surface area contributed by atoms with E-state index in [4.69, 9.17) is 9.15 Å². The number of nitrogens with zero attached hydrogens (tertiary/aromatic N) is 3. The molecule has 0 saturated carbocycles. The second-order valence-electron chi connectivity index (χ2n) is 7.31. The quantitative estimate of drug-likeness (QED) is 0.330. The smallest absolute Gasteiger partial charge is 0.295 e. The van der Waals surface area contributed by atoms with Crippen molar-refractivity contribution in [2.24, 2.45) is 0 Å². The molecule has 8 heteroatoms. The summed E-state index contributed by atoms with van der Waals surface area (Å²) >= 11 is 1.30. The van der Waals surface area contributed by atoms with Crippen LogP contribution in [0.4, 0.5) is 9.52 Å². The molecular formula is C24H26FN3O3S. The Morgan fingerprint density at radius 3 is 2.69 bits per heavy atom. The van der Waals surface area contributed by atoms with Crippen LogP contribution >= 0.6 is 11.3 Å². The molecule has 2 heterocycles. The lowest BCUT2D eigenvalue weighted by Gasteiger charge is -2.24. The molecule has 0 saturated heterocycles. The largest absolute Gasteiger partial charge is 0.490 e. The predicted molar refractivity (Wildman–Crippen MR) is 126 cm³/mol. The van der Waals surface area contributed by atoms with Crippen LogP contribution in [0.2, 0.25) is 0 Å². The fraction of sp³-hybridized carbons (Fsp3) is 0.333. The first-order chi connectivity index (χ1) is 15.5. The number of likely N-dealkylation sites (N-methyl/N-ethyl adjacent to an activating group) is 1. The topological polar surface area (TPSA) is 58.8 Å². The van der Waals surface area contributed by atoms with Crippen LogP contribution in [0.15, 0.2) is 46.9 Å². The summed E-state index contributed by atoms with van der Waals surface area (Å²) in [5.41, 5.74) is 1.21. The SMILES string of the molecule is CCOc1cccc2cc(C(=O)N(CCN(CC)CC)c3nc4ccc(F)cc4s3)oc12. The summed E-state index contributed by atoms with van der Waals surface area (Å²) in [5.74, 6) is 0.219. The number of para-hydroxylation sites is 1. The Morgan fingerprint density at radius 1 is 1.12 bits per heavy atom. The van der Waals surface area contributed by atoms with Gasteiger partial charge in [0, 0.05) is 18.5 Å². The van der Waals surface area contributed by atoms with Gasteiger partial charge in [-0.05, 0) is 50.3 Å². The van der Waals surface area contributed by atoms with Crippen LogP contribution in [-0.2, 0) is 0 Å². The third-order valence-corrected chi connectivity index (χ3v) is 6.41. The van der Waals surface area contributed by atoms with Crippen molar-refractivity contribution in [1.82, 2.24) is 9.88 Å². The average Bonchev–Trinajstić information content (AvgIpc) is 3.41. The molecule has 0 bridgehead atoms. The summed E-state index contributed by atoms with van der Waals surface area (Å²) < 4.78 is 26.0. The van der Waals surface area contributed by atoms with E-state index < -0.39 is 0 Å². The van der Waals surface area contributed by atoms with Gasteiger partial charge in [0.2, 0.25) is 0 Å². The van der Waals surface area contributed by atoms with Crippen molar-refractivity contribution < 1.29 is 18.3 Å². The number of hydrogen-bond donors (Lipinski definition) is 0. The minimum Gasteiger partial charge on any atom is -0.490 e. The molecule has 4 aromatic rings. The molecule has 0 aliphatic heterocycles. The molecule has 0 radical (unpaired) electrons. The van der Waals surface area contributed by atoms with E-state index in [1.807, 2.05) is 25.1 Å². The summed E-state index contributed by atoms with van der Waals surface area (Å²) in [5, 5.41) is 1.32. The monoisotopic (exact) mass is 455 g/mol. The summed E-state index contributed by atoms with van der Waals surface area (Å²) in [6.07, 6.45) is 0. The lowest BCUT2D eigenvalue weighted by molar-refractivity contribution is 0.0959. The number of halogens is 1. The van der Waals surface area contributed by atoms with Crippen molar-refractivity contribution in [1.29, 1.82) is 0 Å². The third-order valence-electron chi connectivity index (χ3n) is 5.37. The standard InChI is InChI=1S/C24H26FN3O3S/c1-4-27(5-2)12-13-28(24-26-18-11-10-17(25)15-21(18)32-24)23(29)20-14-16-8-7-9-19(30-6-3)22(16)31-20/h7-11,14-15H,4-6,12-13H2,1-3H3. The Morgan fingerprint density at radius 2 is 1.94 bits per heavy atom. The molecule has 0 fully saturated rings. The van der Waals surface area contributed by atoms with Crippen LogP contribution in [0, 0.1) is 5.82 Å². The van der Waals surface area contributed by atoms with Crippen LogP contribution in [0.5, 0.6) is 5.75 Å². The van der Waals surface area contributed by atoms with Crippen molar-refractivity contribution in [2.45, 2.75) is 20.8 Å². The normalized spacial score (nSPS) is 11.5. The van der Waals surface area contributed by atoms with Crippen molar-refractivity contribution >= 4 is 43.6 Å². The minimum absolute atomic E-state index is 0.220. The van der Waals surface area contributed by atoms with E-state index in [2.05, 4.69) is 23.7 Å². The van der Waals surface area contributed by atoms with E-state index in [1.54, 1.807) is 17.0 Å². The zero-order chi connectivity index (χ0) is 22.7. The second kappa shape index (κ2) is 9.67. The van der Waals surface area contributed by atoms with E-state index in [1.165, 1.54) is 23.5 Å². The number of hydrogen-bond acceptors (Lipinski definition) is 6. The maximum absolute atomic E-state index is 13.7. The average molecular weight is 456 g/mol. The zero-order valence-electron chi connectivity index (χ0n) is 18.4. The highest BCUT2D eigenvalue weighted by Gasteiger charge is 2.25. The van der Waals surface area contributed by atoms with Gasteiger partial charge in [0.25, 0.3) is 5.91 Å². The van der Waals surface area contributed by atoms with Gasteiger partial charge < -0.3 is 14.1 Å². The van der Waals surface area contributed by atoms with E-state index in [0.29, 0.717) is 46.4 Å². The maximum Gasteiger partial charge on any atom is 0.295 e. The highest BCUT2D eigenvalue weighted by atomic mass is 32.1. The highest BCUT2D eigenvalue weighted by molar-refractivity contribution is 7.22. The Kier molecular flexibility index (Phi) is 6.72. The predicted octanol–water partition coefficient (Wildman–Crippen LogP) is 5.57. The summed E-state index contributed by atoms with van der Waals surface area (Å²) in [4.78, 5) is 22.0. The molecule has 0 aliphatic rings. The van der Waals surface area contributed by atoms with E-state index >= 15 is 0 Å². The molecule has 168 valence electrons. The Hall–Kier alpha value is -2.97. The van der Waals surface area contributed by atoms with Crippen LogP contribution in [0.1, 0.15) is 31.3 Å². The van der Waals surface area contributed by atoms with Crippen LogP contribution < -0.4 is 9.64 Å². The van der Waals surface area contributed by atoms with Crippen LogP contribution in [0.25, 0.3) is 21.2 Å². The summed E-state index contributed by atoms with van der Waals surface area (Å²) in [7, 11) is 0. The van der Waals surface area contributed by atoms with Gasteiger partial charge in [0.05, 0.1) is 16.8 Å². The fourth-order valence-corrected chi connectivity index (χ4v) is 4.63. The maximum atomic E-state index is 13.7. The molecule has 0 spiro atoms. The number of ether oxygens (including phenoxy) is 1. The zero-order valence-corrected chi connectivity index (χ0v) is 19.2. The Bertz CT molecular complexity index is 1230. The van der Waals surface area contributed by atoms with Crippen molar-refractivity contribution in [3.63, 3.8) is 0 Å². The van der Waals surface area contributed by atoms with Gasteiger partial charge in [-0.2, -0.15) is 0 Å². The third kappa shape index (κ3) is 4.47. The number of carbonyl (C=O) groups excluding carboxylic acids is 1. The van der Waals surface area contributed by atoms with Gasteiger partial charge in [-0.3, -0.25) is 9.69 Å². The number of carbonyl (C=O) groups is 1.